The molecule has 0 spiro atoms. The molecule has 1 amide bonds. The molecule has 2 aromatic carbocycles. The zero-order valence-electron chi connectivity index (χ0n) is 15.7. The summed E-state index contributed by atoms with van der Waals surface area (Å²) in [6.45, 7) is 5.92. The van der Waals surface area contributed by atoms with Crippen LogP contribution in [0.3, 0.4) is 0 Å². The molecule has 6 nitrogen and oxygen atoms in total. The van der Waals surface area contributed by atoms with Crippen LogP contribution in [0.5, 0.6) is 0 Å². The van der Waals surface area contributed by atoms with Crippen molar-refractivity contribution < 1.29 is 4.79 Å². The molecule has 0 saturated heterocycles. The fourth-order valence-corrected chi connectivity index (χ4v) is 4.35. The van der Waals surface area contributed by atoms with Gasteiger partial charge in [0.05, 0.1) is 16.5 Å². The first-order valence-electron chi connectivity index (χ1n) is 8.61. The van der Waals surface area contributed by atoms with Gasteiger partial charge < -0.3 is 10.6 Å². The zero-order chi connectivity index (χ0) is 20.1. The quantitative estimate of drug-likeness (QED) is 0.563. The Balaban J connectivity index is 1.63. The van der Waals surface area contributed by atoms with E-state index in [1.807, 2.05) is 12.1 Å². The first kappa shape index (κ1) is 19.9. The number of nitriles is 1. The smallest absolute Gasteiger partial charge is 0.237 e. The fraction of sp³-hybridized carbons (Fsp3) is 0.200. The van der Waals surface area contributed by atoms with E-state index in [1.54, 1.807) is 31.2 Å². The summed E-state index contributed by atoms with van der Waals surface area (Å²) < 4.78 is 0.698. The van der Waals surface area contributed by atoms with Gasteiger partial charge in [-0.25, -0.2) is 0 Å². The molecule has 3 aromatic rings. The molecule has 0 bridgehead atoms. The van der Waals surface area contributed by atoms with Gasteiger partial charge in [-0.1, -0.05) is 47.4 Å². The highest BCUT2D eigenvalue weighted by Crippen LogP contribution is 2.32. The lowest BCUT2D eigenvalue weighted by Crippen LogP contribution is -2.22. The molecule has 1 heterocycles. The van der Waals surface area contributed by atoms with Crippen LogP contribution in [-0.4, -0.2) is 21.4 Å². The summed E-state index contributed by atoms with van der Waals surface area (Å²) in [5.74, 6) is -0.188. The average molecular weight is 410 g/mol. The number of nitrogens with one attached hydrogen (secondary N) is 2. The lowest BCUT2D eigenvalue weighted by atomic mass is 10.1. The number of anilines is 3. The number of carbonyl (C=O) groups excluding carboxylic acids is 1. The van der Waals surface area contributed by atoms with E-state index in [4.69, 9.17) is 5.26 Å². The number of rotatable bonds is 6. The third-order valence-corrected chi connectivity index (χ3v) is 6.23. The summed E-state index contributed by atoms with van der Waals surface area (Å²) in [5, 5.41) is 23.9. The molecule has 0 aliphatic carbocycles. The summed E-state index contributed by atoms with van der Waals surface area (Å²) in [6.07, 6.45) is 0. The molecule has 0 saturated carbocycles. The maximum absolute atomic E-state index is 12.5. The SMILES string of the molecule is Cc1cccc(Nc2nnc(S[C@H](C)C(=O)Nc3ccccc3C#N)s2)c1C. The molecule has 1 atom stereocenters. The van der Waals surface area contributed by atoms with Crippen LogP contribution in [0.25, 0.3) is 0 Å². The topological polar surface area (TPSA) is 90.7 Å². The van der Waals surface area contributed by atoms with Crippen molar-refractivity contribution in [2.45, 2.75) is 30.4 Å². The predicted molar refractivity (Wildman–Crippen MR) is 114 cm³/mol. The zero-order valence-corrected chi connectivity index (χ0v) is 17.3. The molecule has 8 heteroatoms. The van der Waals surface area contributed by atoms with E-state index in [9.17, 15) is 4.79 Å². The lowest BCUT2D eigenvalue weighted by Gasteiger charge is -2.11. The third kappa shape index (κ3) is 4.68. The highest BCUT2D eigenvalue weighted by molar-refractivity contribution is 8.02. The summed E-state index contributed by atoms with van der Waals surface area (Å²) in [4.78, 5) is 12.5. The van der Waals surface area contributed by atoms with Gasteiger partial charge in [-0.3, -0.25) is 4.79 Å². The van der Waals surface area contributed by atoms with Gasteiger partial charge in [-0.05, 0) is 50.1 Å². The van der Waals surface area contributed by atoms with Crippen LogP contribution in [0.2, 0.25) is 0 Å². The van der Waals surface area contributed by atoms with Crippen molar-refractivity contribution in [1.29, 1.82) is 5.26 Å². The second-order valence-electron chi connectivity index (χ2n) is 6.15. The van der Waals surface area contributed by atoms with Crippen molar-refractivity contribution in [3.05, 3.63) is 59.2 Å². The van der Waals surface area contributed by atoms with Crippen molar-refractivity contribution in [2.24, 2.45) is 0 Å². The minimum absolute atomic E-state index is 0.188. The number of nitrogens with zero attached hydrogens (tertiary/aromatic N) is 3. The molecule has 0 radical (unpaired) electrons. The Morgan fingerprint density at radius 2 is 1.89 bits per heavy atom. The minimum Gasteiger partial charge on any atom is -0.330 e. The molecule has 0 aliphatic rings. The Hall–Kier alpha value is -2.89. The molecule has 0 unspecified atom stereocenters. The molecular formula is C20H19N5OS2. The second-order valence-corrected chi connectivity index (χ2v) is 8.72. The van der Waals surface area contributed by atoms with E-state index < -0.39 is 0 Å². The number of benzene rings is 2. The van der Waals surface area contributed by atoms with Gasteiger partial charge in [0.15, 0.2) is 4.34 Å². The first-order chi connectivity index (χ1) is 13.5. The fourth-order valence-electron chi connectivity index (χ4n) is 2.44. The van der Waals surface area contributed by atoms with Crippen molar-refractivity contribution >= 4 is 45.5 Å². The van der Waals surface area contributed by atoms with Crippen LogP contribution >= 0.6 is 23.1 Å². The highest BCUT2D eigenvalue weighted by Gasteiger charge is 2.18. The number of thioether (sulfide) groups is 1. The summed E-state index contributed by atoms with van der Waals surface area (Å²) in [6, 6.07) is 15.1. The number of carbonyl (C=O) groups is 1. The summed E-state index contributed by atoms with van der Waals surface area (Å²) in [7, 11) is 0. The Bertz CT molecular complexity index is 1040. The molecular weight excluding hydrogens is 390 g/mol. The molecule has 3 rings (SSSR count). The van der Waals surface area contributed by atoms with Crippen molar-refractivity contribution in [3.63, 3.8) is 0 Å². The average Bonchev–Trinajstić information content (AvgIpc) is 3.12. The number of amides is 1. The van der Waals surface area contributed by atoms with Crippen LogP contribution in [0.15, 0.2) is 46.8 Å². The molecule has 1 aromatic heterocycles. The number of aryl methyl sites for hydroxylation is 1. The van der Waals surface area contributed by atoms with E-state index >= 15 is 0 Å². The van der Waals surface area contributed by atoms with Gasteiger partial charge >= 0.3 is 0 Å². The van der Waals surface area contributed by atoms with Crippen LogP contribution in [0.4, 0.5) is 16.5 Å². The Labute approximate surface area is 172 Å². The van der Waals surface area contributed by atoms with Crippen molar-refractivity contribution in [3.8, 4) is 6.07 Å². The van der Waals surface area contributed by atoms with Crippen molar-refractivity contribution in [2.75, 3.05) is 10.6 Å². The highest BCUT2D eigenvalue weighted by atomic mass is 32.2. The van der Waals surface area contributed by atoms with E-state index in [-0.39, 0.29) is 11.2 Å². The Kier molecular flexibility index (Phi) is 6.29. The molecule has 142 valence electrons. The van der Waals surface area contributed by atoms with Gasteiger partial charge in [0, 0.05) is 5.69 Å². The van der Waals surface area contributed by atoms with E-state index in [1.165, 1.54) is 28.7 Å². The standard InChI is InChI=1S/C20H19N5OS2/c1-12-7-6-10-16(13(12)2)23-19-24-25-20(28-19)27-14(3)18(26)22-17-9-5-4-8-15(17)11-21/h4-10,14H,1-3H3,(H,22,26)(H,23,24)/t14-/m1/s1. The van der Waals surface area contributed by atoms with Gasteiger partial charge in [0.1, 0.15) is 6.07 Å². The van der Waals surface area contributed by atoms with E-state index in [0.717, 1.165) is 11.3 Å². The normalized spacial score (nSPS) is 11.5. The number of para-hydroxylation sites is 1. The number of hydrogen-bond acceptors (Lipinski definition) is 7. The summed E-state index contributed by atoms with van der Waals surface area (Å²) >= 11 is 2.73. The van der Waals surface area contributed by atoms with Crippen LogP contribution in [-0.2, 0) is 4.79 Å². The maximum Gasteiger partial charge on any atom is 0.237 e. The Morgan fingerprint density at radius 1 is 1.14 bits per heavy atom. The number of hydrogen-bond donors (Lipinski definition) is 2. The first-order valence-corrected chi connectivity index (χ1v) is 10.3. The van der Waals surface area contributed by atoms with Crippen molar-refractivity contribution in [1.82, 2.24) is 10.2 Å². The number of aromatic nitrogens is 2. The third-order valence-electron chi connectivity index (χ3n) is 4.20. The van der Waals surface area contributed by atoms with Crippen LogP contribution < -0.4 is 10.6 Å². The van der Waals surface area contributed by atoms with Gasteiger partial charge in [0.2, 0.25) is 11.0 Å². The predicted octanol–water partition coefficient (Wildman–Crippen LogP) is 4.89. The molecule has 28 heavy (non-hydrogen) atoms. The maximum atomic E-state index is 12.5. The molecule has 2 N–H and O–H groups in total. The Morgan fingerprint density at radius 3 is 2.68 bits per heavy atom. The van der Waals surface area contributed by atoms with Gasteiger partial charge in [-0.15, -0.1) is 10.2 Å². The van der Waals surface area contributed by atoms with Gasteiger partial charge in [0.25, 0.3) is 0 Å². The monoisotopic (exact) mass is 409 g/mol. The lowest BCUT2D eigenvalue weighted by molar-refractivity contribution is -0.115. The van der Waals surface area contributed by atoms with Crippen LogP contribution in [0.1, 0.15) is 23.6 Å². The molecule has 0 aliphatic heterocycles. The minimum atomic E-state index is -0.381. The second kappa shape index (κ2) is 8.87. The van der Waals surface area contributed by atoms with E-state index in [2.05, 4.69) is 46.8 Å². The van der Waals surface area contributed by atoms with E-state index in [0.29, 0.717) is 20.7 Å². The summed E-state index contributed by atoms with van der Waals surface area (Å²) in [5.41, 5.74) is 4.30. The van der Waals surface area contributed by atoms with Crippen LogP contribution in [0, 0.1) is 25.2 Å². The molecule has 0 fully saturated rings. The largest absolute Gasteiger partial charge is 0.330 e. The van der Waals surface area contributed by atoms with Gasteiger partial charge in [-0.2, -0.15) is 5.26 Å².